The van der Waals surface area contributed by atoms with Crippen molar-refractivity contribution < 1.29 is 9.84 Å². The van der Waals surface area contributed by atoms with Gasteiger partial charge in [-0.25, -0.2) is 0 Å². The van der Waals surface area contributed by atoms with Crippen LogP contribution in [0.1, 0.15) is 22.5 Å². The second kappa shape index (κ2) is 7.72. The number of ether oxygens (including phenoxy) is 1. The minimum Gasteiger partial charge on any atom is -0.489 e. The third-order valence-electron chi connectivity index (χ3n) is 4.69. The molecule has 0 atom stereocenters. The van der Waals surface area contributed by atoms with Gasteiger partial charge in [0.05, 0.1) is 24.5 Å². The Balaban J connectivity index is 1.43. The lowest BCUT2D eigenvalue weighted by molar-refractivity contribution is 0.200. The van der Waals surface area contributed by atoms with Gasteiger partial charge in [0.15, 0.2) is 0 Å². The summed E-state index contributed by atoms with van der Waals surface area (Å²) in [6, 6.07) is 20.5. The average molecular weight is 349 g/mol. The summed E-state index contributed by atoms with van der Waals surface area (Å²) in [4.78, 5) is 2.39. The maximum absolute atomic E-state index is 9.27. The standard InChI is InChI=1S/C21H23N3O2/c25-15-19-12-20-14-23(10-11-24(20)22-19)13-18-8-4-5-9-21(18)26-16-17-6-2-1-3-7-17/h1-9,12,25H,10-11,13-16H2. The van der Waals surface area contributed by atoms with Crippen molar-refractivity contribution in [2.45, 2.75) is 32.8 Å². The van der Waals surface area contributed by atoms with Crippen LogP contribution in [0.5, 0.6) is 5.75 Å². The molecular weight excluding hydrogens is 326 g/mol. The number of hydrogen-bond acceptors (Lipinski definition) is 4. The third-order valence-corrected chi connectivity index (χ3v) is 4.69. The fourth-order valence-electron chi connectivity index (χ4n) is 3.34. The summed E-state index contributed by atoms with van der Waals surface area (Å²) >= 11 is 0. The number of aromatic nitrogens is 2. The van der Waals surface area contributed by atoms with E-state index in [9.17, 15) is 5.11 Å². The lowest BCUT2D eigenvalue weighted by Crippen LogP contribution is -2.33. The molecule has 0 bridgehead atoms. The quantitative estimate of drug-likeness (QED) is 0.743. The molecule has 26 heavy (non-hydrogen) atoms. The van der Waals surface area contributed by atoms with Gasteiger partial charge in [-0.1, -0.05) is 48.5 Å². The molecule has 1 aromatic heterocycles. The van der Waals surface area contributed by atoms with Crippen LogP contribution in [-0.4, -0.2) is 26.3 Å². The lowest BCUT2D eigenvalue weighted by Gasteiger charge is -2.28. The van der Waals surface area contributed by atoms with Gasteiger partial charge in [0.2, 0.25) is 0 Å². The molecule has 5 heteroatoms. The molecule has 0 spiro atoms. The zero-order chi connectivity index (χ0) is 17.8. The van der Waals surface area contributed by atoms with E-state index in [0.717, 1.165) is 43.3 Å². The van der Waals surface area contributed by atoms with Crippen molar-refractivity contribution in [3.8, 4) is 5.75 Å². The Morgan fingerprint density at radius 3 is 2.65 bits per heavy atom. The number of rotatable bonds is 6. The molecule has 5 nitrogen and oxygen atoms in total. The van der Waals surface area contributed by atoms with E-state index in [1.807, 2.05) is 41.1 Å². The van der Waals surface area contributed by atoms with Gasteiger partial charge in [-0.15, -0.1) is 0 Å². The SMILES string of the molecule is OCc1cc2n(n1)CCN(Cc1ccccc1OCc1ccccc1)C2. The van der Waals surface area contributed by atoms with Gasteiger partial charge in [-0.2, -0.15) is 5.10 Å². The Kier molecular flexibility index (Phi) is 5.00. The summed E-state index contributed by atoms with van der Waals surface area (Å²) < 4.78 is 8.08. The number of nitrogens with zero attached hydrogens (tertiary/aromatic N) is 3. The molecule has 0 fully saturated rings. The van der Waals surface area contributed by atoms with E-state index in [0.29, 0.717) is 6.61 Å². The van der Waals surface area contributed by atoms with Gasteiger partial charge in [-0.3, -0.25) is 9.58 Å². The van der Waals surface area contributed by atoms with Gasteiger partial charge in [0.1, 0.15) is 12.4 Å². The summed E-state index contributed by atoms with van der Waals surface area (Å²) in [5.74, 6) is 0.937. The largest absolute Gasteiger partial charge is 0.489 e. The molecule has 0 amide bonds. The molecule has 1 aliphatic heterocycles. The van der Waals surface area contributed by atoms with Crippen LogP contribution in [0, 0.1) is 0 Å². The summed E-state index contributed by atoms with van der Waals surface area (Å²) in [6.07, 6.45) is 0. The number of aliphatic hydroxyl groups is 1. The van der Waals surface area contributed by atoms with E-state index in [-0.39, 0.29) is 6.61 Å². The Morgan fingerprint density at radius 2 is 1.81 bits per heavy atom. The summed E-state index contributed by atoms with van der Waals surface area (Å²) in [7, 11) is 0. The first-order valence-corrected chi connectivity index (χ1v) is 8.95. The van der Waals surface area contributed by atoms with Gasteiger partial charge < -0.3 is 9.84 Å². The highest BCUT2D eigenvalue weighted by atomic mass is 16.5. The third kappa shape index (κ3) is 3.79. The maximum Gasteiger partial charge on any atom is 0.124 e. The Labute approximate surface area is 153 Å². The molecule has 2 aromatic carbocycles. The van der Waals surface area contributed by atoms with E-state index in [2.05, 4.69) is 34.3 Å². The van der Waals surface area contributed by atoms with Crippen LogP contribution in [0.25, 0.3) is 0 Å². The maximum atomic E-state index is 9.27. The van der Waals surface area contributed by atoms with Crippen molar-refractivity contribution in [2.75, 3.05) is 6.54 Å². The monoisotopic (exact) mass is 349 g/mol. The van der Waals surface area contributed by atoms with E-state index < -0.39 is 0 Å². The molecule has 134 valence electrons. The summed E-state index contributed by atoms with van der Waals surface area (Å²) in [5.41, 5.74) is 4.26. The Morgan fingerprint density at radius 1 is 1.00 bits per heavy atom. The number of fused-ring (bicyclic) bond motifs is 1. The van der Waals surface area contributed by atoms with Crippen molar-refractivity contribution >= 4 is 0 Å². The molecule has 1 N–H and O–H groups in total. The fourth-order valence-corrected chi connectivity index (χ4v) is 3.34. The van der Waals surface area contributed by atoms with Crippen LogP contribution in [-0.2, 0) is 32.8 Å². The van der Waals surface area contributed by atoms with Gasteiger partial charge in [0, 0.05) is 25.2 Å². The minimum atomic E-state index is -0.00381. The smallest absolute Gasteiger partial charge is 0.124 e. The highest BCUT2D eigenvalue weighted by Gasteiger charge is 2.19. The first-order valence-electron chi connectivity index (χ1n) is 8.95. The van der Waals surface area contributed by atoms with Crippen LogP contribution < -0.4 is 4.74 Å². The first kappa shape index (κ1) is 16.8. The molecule has 2 heterocycles. The summed E-state index contributed by atoms with van der Waals surface area (Å²) in [6.45, 7) is 4.03. The normalized spacial score (nSPS) is 14.2. The summed E-state index contributed by atoms with van der Waals surface area (Å²) in [5, 5.41) is 13.7. The molecule has 1 aliphatic rings. The number of aliphatic hydroxyl groups excluding tert-OH is 1. The van der Waals surface area contributed by atoms with Crippen molar-refractivity contribution in [2.24, 2.45) is 0 Å². The van der Waals surface area contributed by atoms with Crippen LogP contribution >= 0.6 is 0 Å². The van der Waals surface area contributed by atoms with E-state index >= 15 is 0 Å². The van der Waals surface area contributed by atoms with Crippen molar-refractivity contribution in [3.05, 3.63) is 83.2 Å². The van der Waals surface area contributed by atoms with Gasteiger partial charge in [0.25, 0.3) is 0 Å². The van der Waals surface area contributed by atoms with Gasteiger partial charge in [-0.05, 0) is 17.7 Å². The number of hydrogen-bond donors (Lipinski definition) is 1. The number of benzene rings is 2. The molecular formula is C21H23N3O2. The minimum absolute atomic E-state index is 0.00381. The van der Waals surface area contributed by atoms with Crippen LogP contribution in [0.15, 0.2) is 60.7 Å². The van der Waals surface area contributed by atoms with Crippen molar-refractivity contribution in [3.63, 3.8) is 0 Å². The Hall–Kier alpha value is -2.63. The number of para-hydroxylation sites is 1. The Bertz CT molecular complexity index is 861. The topological polar surface area (TPSA) is 50.5 Å². The first-order chi connectivity index (χ1) is 12.8. The molecule has 0 saturated heterocycles. The highest BCUT2D eigenvalue weighted by molar-refractivity contribution is 5.33. The van der Waals surface area contributed by atoms with Gasteiger partial charge >= 0.3 is 0 Å². The van der Waals surface area contributed by atoms with E-state index in [1.165, 1.54) is 11.1 Å². The highest BCUT2D eigenvalue weighted by Crippen LogP contribution is 2.23. The predicted octanol–water partition coefficient (Wildman–Crippen LogP) is 2.97. The molecule has 4 rings (SSSR count). The zero-order valence-corrected chi connectivity index (χ0v) is 14.7. The zero-order valence-electron chi connectivity index (χ0n) is 14.7. The van der Waals surface area contributed by atoms with Crippen LogP contribution in [0.3, 0.4) is 0 Å². The fraction of sp³-hybridized carbons (Fsp3) is 0.286. The predicted molar refractivity (Wildman–Crippen MR) is 99.5 cm³/mol. The lowest BCUT2D eigenvalue weighted by atomic mass is 10.1. The van der Waals surface area contributed by atoms with Crippen LogP contribution in [0.2, 0.25) is 0 Å². The van der Waals surface area contributed by atoms with E-state index in [1.54, 1.807) is 0 Å². The second-order valence-corrected chi connectivity index (χ2v) is 6.60. The van der Waals surface area contributed by atoms with Crippen LogP contribution in [0.4, 0.5) is 0 Å². The molecule has 0 unspecified atom stereocenters. The van der Waals surface area contributed by atoms with Crippen molar-refractivity contribution in [1.82, 2.24) is 14.7 Å². The average Bonchev–Trinajstić information content (AvgIpc) is 3.11. The van der Waals surface area contributed by atoms with E-state index in [4.69, 9.17) is 4.74 Å². The molecule has 0 radical (unpaired) electrons. The molecule has 3 aromatic rings. The molecule has 0 aliphatic carbocycles. The van der Waals surface area contributed by atoms with Crippen molar-refractivity contribution in [1.29, 1.82) is 0 Å². The second-order valence-electron chi connectivity index (χ2n) is 6.60. The molecule has 0 saturated carbocycles.